The minimum atomic E-state index is -3.07. The Morgan fingerprint density at radius 2 is 1.81 bits per heavy atom. The van der Waals surface area contributed by atoms with E-state index < -0.39 is 15.9 Å². The molecule has 1 atom stereocenters. The molecular weight excluding hydrogens is 290 g/mol. The molecule has 2 N–H and O–H groups in total. The van der Waals surface area contributed by atoms with Crippen LogP contribution < -0.4 is 5.73 Å². The lowest BCUT2D eigenvalue weighted by Crippen LogP contribution is -2.51. The molecule has 6 nitrogen and oxygen atoms in total. The first-order valence-electron chi connectivity index (χ1n) is 7.74. The van der Waals surface area contributed by atoms with Crippen molar-refractivity contribution in [3.8, 4) is 0 Å². The number of carbonyl (C=O) groups excluding carboxylic acids is 1. The number of carbonyl (C=O) groups is 1. The molecule has 1 aliphatic rings. The zero-order chi connectivity index (χ0) is 16.0. The summed E-state index contributed by atoms with van der Waals surface area (Å²) < 4.78 is 22.3. The number of hydrogen-bond donors (Lipinski definition) is 1. The third-order valence-corrected chi connectivity index (χ3v) is 5.20. The monoisotopic (exact) mass is 319 g/mol. The van der Waals surface area contributed by atoms with E-state index in [4.69, 9.17) is 5.73 Å². The van der Waals surface area contributed by atoms with Crippen LogP contribution in [-0.4, -0.2) is 74.4 Å². The number of likely N-dealkylation sites (tertiary alicyclic amines) is 1. The Morgan fingerprint density at radius 3 is 2.24 bits per heavy atom. The molecule has 1 saturated heterocycles. The molecule has 21 heavy (non-hydrogen) atoms. The molecule has 0 aromatic heterocycles. The normalized spacial score (nSPS) is 19.0. The van der Waals surface area contributed by atoms with Gasteiger partial charge < -0.3 is 15.5 Å². The van der Waals surface area contributed by atoms with E-state index in [2.05, 4.69) is 18.7 Å². The van der Waals surface area contributed by atoms with Gasteiger partial charge in [-0.15, -0.1) is 0 Å². The van der Waals surface area contributed by atoms with Crippen molar-refractivity contribution in [1.29, 1.82) is 0 Å². The minimum Gasteiger partial charge on any atom is -0.341 e. The Kier molecular flexibility index (Phi) is 7.09. The zero-order valence-corrected chi connectivity index (χ0v) is 14.2. The van der Waals surface area contributed by atoms with Crippen molar-refractivity contribution >= 4 is 15.7 Å². The standard InChI is InChI=1S/C14H29N3O3S/c1-4-16(5-2)12-6-9-17(10-7-12)14(18)13(15)8-11-21(3,19)20/h12-13H,4-11,15H2,1-3H3. The highest BCUT2D eigenvalue weighted by molar-refractivity contribution is 7.90. The fourth-order valence-electron chi connectivity index (χ4n) is 2.89. The van der Waals surface area contributed by atoms with Gasteiger partial charge in [-0.2, -0.15) is 0 Å². The number of sulfone groups is 1. The van der Waals surface area contributed by atoms with E-state index in [1.165, 1.54) is 6.26 Å². The summed E-state index contributed by atoms with van der Waals surface area (Å²) in [6.45, 7) is 7.80. The van der Waals surface area contributed by atoms with Crippen molar-refractivity contribution in [1.82, 2.24) is 9.80 Å². The smallest absolute Gasteiger partial charge is 0.239 e. The number of nitrogens with zero attached hydrogens (tertiary/aromatic N) is 2. The molecule has 0 aromatic carbocycles. The molecule has 1 aliphatic heterocycles. The molecule has 0 radical (unpaired) electrons. The zero-order valence-electron chi connectivity index (χ0n) is 13.4. The van der Waals surface area contributed by atoms with E-state index in [0.717, 1.165) is 25.9 Å². The number of amides is 1. The molecule has 7 heteroatoms. The molecule has 0 aromatic rings. The number of rotatable bonds is 7. The predicted molar refractivity (Wildman–Crippen MR) is 84.8 cm³/mol. The van der Waals surface area contributed by atoms with Gasteiger partial charge in [0.25, 0.3) is 0 Å². The maximum atomic E-state index is 12.2. The molecule has 0 spiro atoms. The van der Waals surface area contributed by atoms with Crippen molar-refractivity contribution in [2.45, 2.75) is 45.2 Å². The first-order chi connectivity index (χ1) is 9.78. The largest absolute Gasteiger partial charge is 0.341 e. The summed E-state index contributed by atoms with van der Waals surface area (Å²) in [6, 6.07) is -0.166. The Hall–Kier alpha value is -0.660. The lowest BCUT2D eigenvalue weighted by atomic mass is 10.0. The summed E-state index contributed by atoms with van der Waals surface area (Å²) in [6.07, 6.45) is 3.30. The van der Waals surface area contributed by atoms with Crippen molar-refractivity contribution < 1.29 is 13.2 Å². The van der Waals surface area contributed by atoms with Gasteiger partial charge in [-0.05, 0) is 32.4 Å². The van der Waals surface area contributed by atoms with Gasteiger partial charge in [0.2, 0.25) is 5.91 Å². The second-order valence-corrected chi connectivity index (χ2v) is 8.06. The van der Waals surface area contributed by atoms with Crippen LogP contribution in [0.3, 0.4) is 0 Å². The maximum absolute atomic E-state index is 12.2. The minimum absolute atomic E-state index is 0.0319. The average Bonchev–Trinajstić information content (AvgIpc) is 2.45. The first kappa shape index (κ1) is 18.4. The lowest BCUT2D eigenvalue weighted by Gasteiger charge is -2.38. The number of hydrogen-bond acceptors (Lipinski definition) is 5. The predicted octanol–water partition coefficient (Wildman–Crippen LogP) is 0.0812. The van der Waals surface area contributed by atoms with Gasteiger partial charge >= 0.3 is 0 Å². The fraction of sp³-hybridized carbons (Fsp3) is 0.929. The van der Waals surface area contributed by atoms with Gasteiger partial charge in [0.15, 0.2) is 0 Å². The van der Waals surface area contributed by atoms with Crippen molar-refractivity contribution in [3.63, 3.8) is 0 Å². The van der Waals surface area contributed by atoms with Gasteiger partial charge in [-0.1, -0.05) is 13.8 Å². The summed E-state index contributed by atoms with van der Waals surface area (Å²) in [4.78, 5) is 16.4. The average molecular weight is 319 g/mol. The van der Waals surface area contributed by atoms with Crippen LogP contribution in [0.25, 0.3) is 0 Å². The van der Waals surface area contributed by atoms with Crippen LogP contribution in [0.5, 0.6) is 0 Å². The highest BCUT2D eigenvalue weighted by Crippen LogP contribution is 2.17. The molecular formula is C14H29N3O3S. The Labute approximate surface area is 128 Å². The molecule has 0 aliphatic carbocycles. The van der Waals surface area contributed by atoms with E-state index in [9.17, 15) is 13.2 Å². The summed E-state index contributed by atoms with van der Waals surface area (Å²) in [5.74, 6) is -0.146. The second kappa shape index (κ2) is 8.10. The Balaban J connectivity index is 2.44. The molecule has 0 saturated carbocycles. The molecule has 1 rings (SSSR count). The third kappa shape index (κ3) is 5.92. The van der Waals surface area contributed by atoms with Gasteiger partial charge in [0.05, 0.1) is 11.8 Å². The molecule has 124 valence electrons. The topological polar surface area (TPSA) is 83.7 Å². The van der Waals surface area contributed by atoms with E-state index in [1.807, 2.05) is 0 Å². The summed E-state index contributed by atoms with van der Waals surface area (Å²) in [7, 11) is -3.07. The van der Waals surface area contributed by atoms with E-state index in [-0.39, 0.29) is 18.1 Å². The molecule has 1 heterocycles. The van der Waals surface area contributed by atoms with Crippen molar-refractivity contribution in [2.75, 3.05) is 38.2 Å². The van der Waals surface area contributed by atoms with Gasteiger partial charge in [0, 0.05) is 25.4 Å². The highest BCUT2D eigenvalue weighted by Gasteiger charge is 2.28. The van der Waals surface area contributed by atoms with Crippen molar-refractivity contribution in [2.24, 2.45) is 5.73 Å². The van der Waals surface area contributed by atoms with E-state index in [0.29, 0.717) is 19.1 Å². The van der Waals surface area contributed by atoms with Gasteiger partial charge in [0.1, 0.15) is 9.84 Å². The fourth-order valence-corrected chi connectivity index (χ4v) is 3.57. The van der Waals surface area contributed by atoms with E-state index >= 15 is 0 Å². The number of nitrogens with two attached hydrogens (primary N) is 1. The van der Waals surface area contributed by atoms with Crippen LogP contribution in [0, 0.1) is 0 Å². The quantitative estimate of drug-likeness (QED) is 0.718. The van der Waals surface area contributed by atoms with Gasteiger partial charge in [-0.3, -0.25) is 4.79 Å². The van der Waals surface area contributed by atoms with Crippen LogP contribution in [-0.2, 0) is 14.6 Å². The molecule has 1 unspecified atom stereocenters. The van der Waals surface area contributed by atoms with Crippen LogP contribution in [0.2, 0.25) is 0 Å². The van der Waals surface area contributed by atoms with Crippen LogP contribution in [0.15, 0.2) is 0 Å². The van der Waals surface area contributed by atoms with Gasteiger partial charge in [-0.25, -0.2) is 8.42 Å². The first-order valence-corrected chi connectivity index (χ1v) is 9.80. The van der Waals surface area contributed by atoms with Crippen molar-refractivity contribution in [3.05, 3.63) is 0 Å². The van der Waals surface area contributed by atoms with Crippen LogP contribution in [0.1, 0.15) is 33.1 Å². The van der Waals surface area contributed by atoms with E-state index in [1.54, 1.807) is 4.90 Å². The summed E-state index contributed by atoms with van der Waals surface area (Å²) >= 11 is 0. The van der Waals surface area contributed by atoms with Crippen LogP contribution in [0.4, 0.5) is 0 Å². The SMILES string of the molecule is CCN(CC)C1CCN(C(=O)C(N)CCS(C)(=O)=O)CC1. The maximum Gasteiger partial charge on any atom is 0.239 e. The second-order valence-electron chi connectivity index (χ2n) is 5.80. The molecule has 0 bridgehead atoms. The summed E-state index contributed by atoms with van der Waals surface area (Å²) in [5, 5.41) is 0. The Morgan fingerprint density at radius 1 is 1.29 bits per heavy atom. The molecule has 1 amide bonds. The lowest BCUT2D eigenvalue weighted by molar-refractivity contribution is -0.134. The highest BCUT2D eigenvalue weighted by atomic mass is 32.2. The summed E-state index contributed by atoms with van der Waals surface area (Å²) in [5.41, 5.74) is 5.84. The van der Waals surface area contributed by atoms with Crippen LogP contribution >= 0.6 is 0 Å². The third-order valence-electron chi connectivity index (χ3n) is 4.22. The molecule has 1 fully saturated rings. The number of piperidine rings is 1. The Bertz CT molecular complexity index is 427.